The largest absolute Gasteiger partial charge is 0.462 e. The third kappa shape index (κ3) is 48.2. The van der Waals surface area contributed by atoms with Gasteiger partial charge >= 0.3 is 11.9 Å². The fraction of sp³-hybridized carbons (Fsp3) is 0.509. The summed E-state index contributed by atoms with van der Waals surface area (Å²) in [4.78, 5) is 25.2. The van der Waals surface area contributed by atoms with E-state index in [9.17, 15) is 9.59 Å². The average Bonchev–Trinajstić information content (AvgIpc) is 3.27. The van der Waals surface area contributed by atoms with Gasteiger partial charge in [-0.15, -0.1) is 0 Å². The summed E-state index contributed by atoms with van der Waals surface area (Å²) in [6, 6.07) is 0. The van der Waals surface area contributed by atoms with Crippen LogP contribution in [0.4, 0.5) is 0 Å². The molecule has 0 saturated heterocycles. The molecule has 0 heterocycles. The maximum absolute atomic E-state index is 12.7. The molecule has 0 saturated carbocycles. The van der Waals surface area contributed by atoms with Crippen molar-refractivity contribution in [2.75, 3.05) is 19.8 Å². The van der Waals surface area contributed by atoms with E-state index in [0.29, 0.717) is 19.4 Å². The standard InChI is InChI=1S/C57H86O5/c1-4-7-10-13-16-19-22-25-26-27-28-29-30-31-34-37-40-43-46-49-52-60-53-55(62-57(59)51-48-45-42-39-36-33-24-21-18-15-12-9-6-3)54-61-56(58)50-47-44-41-38-35-32-23-20-17-14-11-8-5-2/h7-12,16-21,25-26,28-29,31-36,41-42,44-45,55H,4-6,13-15,22-24,27,30,37-40,43,46-54H2,1-3H3/b10-7-,11-8-,12-9-,19-16-,20-17-,21-18-,26-25-,29-28-,34-31-,35-32-,36-33-,44-41-,45-42-. The van der Waals surface area contributed by atoms with Crippen LogP contribution in [0, 0.1) is 0 Å². The predicted octanol–water partition coefficient (Wildman–Crippen LogP) is 16.3. The molecule has 344 valence electrons. The summed E-state index contributed by atoms with van der Waals surface area (Å²) in [5.74, 6) is -0.618. The van der Waals surface area contributed by atoms with Crippen molar-refractivity contribution in [2.24, 2.45) is 0 Å². The maximum Gasteiger partial charge on any atom is 0.306 e. The SMILES string of the molecule is CC/C=C\C/C=C\C/C=C\C/C=C\C/C=C\CCCCCCOCC(COC(=O)CC/C=C\C/C=C\C/C=C\C/C=C\CC)OC(=O)CC/C=C\C/C=C\C/C=C\C/C=C\CC. The Morgan fingerprint density at radius 2 is 0.677 bits per heavy atom. The van der Waals surface area contributed by atoms with Gasteiger partial charge in [0.1, 0.15) is 6.61 Å². The highest BCUT2D eigenvalue weighted by Gasteiger charge is 2.17. The minimum absolute atomic E-state index is 0.00397. The lowest BCUT2D eigenvalue weighted by molar-refractivity contribution is -0.162. The summed E-state index contributed by atoms with van der Waals surface area (Å²) in [6.07, 6.45) is 75.7. The number of carbonyl (C=O) groups is 2. The Kier molecular flexibility index (Phi) is 47.2. The van der Waals surface area contributed by atoms with Crippen LogP contribution in [0.2, 0.25) is 0 Å². The molecule has 0 spiro atoms. The van der Waals surface area contributed by atoms with Crippen molar-refractivity contribution in [2.45, 2.75) is 168 Å². The zero-order valence-electron chi connectivity index (χ0n) is 39.3. The van der Waals surface area contributed by atoms with Crippen LogP contribution in [-0.2, 0) is 23.8 Å². The van der Waals surface area contributed by atoms with Crippen LogP contribution in [0.15, 0.2) is 158 Å². The van der Waals surface area contributed by atoms with Gasteiger partial charge in [0, 0.05) is 19.4 Å². The summed E-state index contributed by atoms with van der Waals surface area (Å²) < 4.78 is 17.2. The zero-order valence-corrected chi connectivity index (χ0v) is 39.3. The number of ether oxygens (including phenoxy) is 3. The Balaban J connectivity index is 4.52. The van der Waals surface area contributed by atoms with Gasteiger partial charge in [-0.25, -0.2) is 0 Å². The van der Waals surface area contributed by atoms with Crippen LogP contribution in [0.5, 0.6) is 0 Å². The Labute approximate surface area is 380 Å². The van der Waals surface area contributed by atoms with E-state index < -0.39 is 6.10 Å². The van der Waals surface area contributed by atoms with Crippen LogP contribution in [0.3, 0.4) is 0 Å². The summed E-state index contributed by atoms with van der Waals surface area (Å²) in [5, 5.41) is 0. The number of carbonyl (C=O) groups excluding carboxylic acids is 2. The fourth-order valence-electron chi connectivity index (χ4n) is 5.62. The number of hydrogen-bond acceptors (Lipinski definition) is 5. The van der Waals surface area contributed by atoms with Crippen LogP contribution in [-0.4, -0.2) is 37.9 Å². The smallest absolute Gasteiger partial charge is 0.306 e. The number of esters is 2. The molecule has 62 heavy (non-hydrogen) atoms. The molecule has 0 rings (SSSR count). The molecule has 5 heteroatoms. The van der Waals surface area contributed by atoms with Gasteiger partial charge in [-0.3, -0.25) is 9.59 Å². The zero-order chi connectivity index (χ0) is 44.9. The molecule has 0 aliphatic rings. The first kappa shape index (κ1) is 57.5. The van der Waals surface area contributed by atoms with Crippen molar-refractivity contribution < 1.29 is 23.8 Å². The van der Waals surface area contributed by atoms with Crippen molar-refractivity contribution in [3.63, 3.8) is 0 Å². The highest BCUT2D eigenvalue weighted by molar-refractivity contribution is 5.70. The van der Waals surface area contributed by atoms with E-state index >= 15 is 0 Å². The molecule has 1 unspecified atom stereocenters. The summed E-state index contributed by atoms with van der Waals surface area (Å²) in [6.45, 7) is 7.22. The molecule has 0 bridgehead atoms. The van der Waals surface area contributed by atoms with Gasteiger partial charge < -0.3 is 14.2 Å². The third-order valence-corrected chi connectivity index (χ3v) is 9.07. The first-order valence-electron chi connectivity index (χ1n) is 24.0. The van der Waals surface area contributed by atoms with Crippen LogP contribution in [0.25, 0.3) is 0 Å². The molecule has 5 nitrogen and oxygen atoms in total. The van der Waals surface area contributed by atoms with Gasteiger partial charge in [0.05, 0.1) is 6.61 Å². The quantitative estimate of drug-likeness (QED) is 0.0348. The highest BCUT2D eigenvalue weighted by atomic mass is 16.6. The molecule has 0 N–H and O–H groups in total. The van der Waals surface area contributed by atoms with E-state index in [1.54, 1.807) is 0 Å². The minimum atomic E-state index is -0.628. The summed E-state index contributed by atoms with van der Waals surface area (Å²) in [5.41, 5.74) is 0. The minimum Gasteiger partial charge on any atom is -0.462 e. The molecule has 0 aromatic carbocycles. The van der Waals surface area contributed by atoms with E-state index in [0.717, 1.165) is 116 Å². The molecule has 0 aliphatic carbocycles. The topological polar surface area (TPSA) is 61.8 Å². The second-order valence-electron chi connectivity index (χ2n) is 14.9. The van der Waals surface area contributed by atoms with Gasteiger partial charge in [-0.2, -0.15) is 0 Å². The molecular formula is C57H86O5. The number of hydrogen-bond donors (Lipinski definition) is 0. The first-order valence-corrected chi connectivity index (χ1v) is 24.0. The van der Waals surface area contributed by atoms with Gasteiger partial charge in [0.2, 0.25) is 0 Å². The molecule has 0 fully saturated rings. The van der Waals surface area contributed by atoms with Gasteiger partial charge in [0.15, 0.2) is 6.10 Å². The predicted molar refractivity (Wildman–Crippen MR) is 269 cm³/mol. The van der Waals surface area contributed by atoms with Crippen molar-refractivity contribution >= 4 is 11.9 Å². The second kappa shape index (κ2) is 50.9. The van der Waals surface area contributed by atoms with E-state index in [4.69, 9.17) is 14.2 Å². The summed E-state index contributed by atoms with van der Waals surface area (Å²) in [7, 11) is 0. The highest BCUT2D eigenvalue weighted by Crippen LogP contribution is 2.08. The second-order valence-corrected chi connectivity index (χ2v) is 14.9. The Hall–Kier alpha value is -4.48. The lowest BCUT2D eigenvalue weighted by atomic mass is 10.1. The van der Waals surface area contributed by atoms with E-state index in [-0.39, 0.29) is 38.0 Å². The lowest BCUT2D eigenvalue weighted by Crippen LogP contribution is -2.30. The van der Waals surface area contributed by atoms with Crippen molar-refractivity contribution in [1.82, 2.24) is 0 Å². The monoisotopic (exact) mass is 851 g/mol. The molecule has 0 aliphatic heterocycles. The van der Waals surface area contributed by atoms with E-state index in [1.165, 1.54) is 0 Å². The molecule has 1 atom stereocenters. The van der Waals surface area contributed by atoms with Gasteiger partial charge in [-0.05, 0) is 116 Å². The lowest BCUT2D eigenvalue weighted by Gasteiger charge is -2.18. The Morgan fingerprint density at radius 3 is 1.06 bits per heavy atom. The van der Waals surface area contributed by atoms with Crippen molar-refractivity contribution in [3.8, 4) is 0 Å². The molecule has 0 aromatic heterocycles. The average molecular weight is 851 g/mol. The molecule has 0 radical (unpaired) electrons. The Morgan fingerprint density at radius 1 is 0.355 bits per heavy atom. The maximum atomic E-state index is 12.7. The fourth-order valence-corrected chi connectivity index (χ4v) is 5.62. The van der Waals surface area contributed by atoms with E-state index in [1.807, 2.05) is 12.2 Å². The normalized spacial score (nSPS) is 13.7. The van der Waals surface area contributed by atoms with E-state index in [2.05, 4.69) is 167 Å². The van der Waals surface area contributed by atoms with Crippen molar-refractivity contribution in [1.29, 1.82) is 0 Å². The number of allylic oxidation sites excluding steroid dienone is 26. The van der Waals surface area contributed by atoms with Gasteiger partial charge in [0.25, 0.3) is 0 Å². The number of rotatable bonds is 41. The van der Waals surface area contributed by atoms with Crippen LogP contribution < -0.4 is 0 Å². The van der Waals surface area contributed by atoms with Gasteiger partial charge in [-0.1, -0.05) is 192 Å². The third-order valence-electron chi connectivity index (χ3n) is 9.07. The van der Waals surface area contributed by atoms with Crippen molar-refractivity contribution in [3.05, 3.63) is 158 Å². The molecular weight excluding hydrogens is 765 g/mol. The molecule has 0 amide bonds. The van der Waals surface area contributed by atoms with Crippen LogP contribution >= 0.6 is 0 Å². The number of unbranched alkanes of at least 4 members (excludes halogenated alkanes) is 4. The molecule has 0 aromatic rings. The first-order chi connectivity index (χ1) is 30.6. The summed E-state index contributed by atoms with van der Waals surface area (Å²) >= 11 is 0. The Bertz CT molecular complexity index is 1420. The van der Waals surface area contributed by atoms with Crippen LogP contribution in [0.1, 0.15) is 162 Å².